The van der Waals surface area contributed by atoms with Gasteiger partial charge in [-0.2, -0.15) is 0 Å². The summed E-state index contributed by atoms with van der Waals surface area (Å²) in [7, 11) is 0. The van der Waals surface area contributed by atoms with Gasteiger partial charge in [-0.3, -0.25) is 0 Å². The van der Waals surface area contributed by atoms with Crippen LogP contribution in [-0.2, 0) is 4.74 Å². The van der Waals surface area contributed by atoms with Crippen molar-refractivity contribution in [1.29, 1.82) is 0 Å². The van der Waals surface area contributed by atoms with Crippen LogP contribution in [0.1, 0.15) is 44.9 Å². The van der Waals surface area contributed by atoms with E-state index < -0.39 is 0 Å². The normalized spacial score (nSPS) is 24.2. The molecular formula is C12H18O. The molecular weight excluding hydrogens is 160 g/mol. The Morgan fingerprint density at radius 1 is 1.08 bits per heavy atom. The van der Waals surface area contributed by atoms with Crippen LogP contribution in [0.3, 0.4) is 0 Å². The molecule has 0 amide bonds. The molecule has 0 radical (unpaired) electrons. The van der Waals surface area contributed by atoms with Crippen LogP contribution in [0.4, 0.5) is 0 Å². The zero-order valence-electron chi connectivity index (χ0n) is 8.17. The molecule has 0 aromatic rings. The first-order valence-electron chi connectivity index (χ1n) is 5.46. The number of allylic oxidation sites excluding steroid dienone is 3. The van der Waals surface area contributed by atoms with Gasteiger partial charge in [-0.25, -0.2) is 0 Å². The van der Waals surface area contributed by atoms with Crippen molar-refractivity contribution in [3.63, 3.8) is 0 Å². The predicted molar refractivity (Wildman–Crippen MR) is 54.4 cm³/mol. The zero-order chi connectivity index (χ0) is 8.93. The lowest BCUT2D eigenvalue weighted by Crippen LogP contribution is -2.16. The molecule has 2 rings (SSSR count). The molecule has 0 atom stereocenters. The highest BCUT2D eigenvalue weighted by Crippen LogP contribution is 2.24. The number of rotatable bonds is 2. The molecule has 0 unspecified atom stereocenters. The van der Waals surface area contributed by atoms with Crippen molar-refractivity contribution in [2.45, 2.75) is 51.0 Å². The monoisotopic (exact) mass is 178 g/mol. The quantitative estimate of drug-likeness (QED) is 0.587. The maximum absolute atomic E-state index is 5.94. The second-order valence-electron chi connectivity index (χ2n) is 3.96. The Kier molecular flexibility index (Phi) is 3.07. The van der Waals surface area contributed by atoms with E-state index in [1.807, 2.05) is 0 Å². The zero-order valence-corrected chi connectivity index (χ0v) is 8.17. The summed E-state index contributed by atoms with van der Waals surface area (Å²) < 4.78 is 5.94. The second-order valence-corrected chi connectivity index (χ2v) is 3.96. The summed E-state index contributed by atoms with van der Waals surface area (Å²) in [6, 6.07) is 0. The molecule has 0 aromatic carbocycles. The minimum absolute atomic E-state index is 0.520. The van der Waals surface area contributed by atoms with E-state index in [2.05, 4.69) is 18.2 Å². The lowest BCUT2D eigenvalue weighted by Gasteiger charge is -2.24. The van der Waals surface area contributed by atoms with E-state index >= 15 is 0 Å². The van der Waals surface area contributed by atoms with Gasteiger partial charge in [0.25, 0.3) is 0 Å². The summed E-state index contributed by atoms with van der Waals surface area (Å²) in [5, 5.41) is 0. The third-order valence-electron chi connectivity index (χ3n) is 2.84. The third-order valence-corrected chi connectivity index (χ3v) is 2.84. The Bertz CT molecular complexity index is 209. The molecule has 1 fully saturated rings. The molecule has 0 aromatic heterocycles. The van der Waals surface area contributed by atoms with Crippen LogP contribution in [0, 0.1) is 0 Å². The van der Waals surface area contributed by atoms with Crippen molar-refractivity contribution < 1.29 is 4.74 Å². The maximum atomic E-state index is 5.94. The van der Waals surface area contributed by atoms with Crippen LogP contribution in [-0.4, -0.2) is 6.10 Å². The van der Waals surface area contributed by atoms with Crippen LogP contribution >= 0.6 is 0 Å². The molecule has 13 heavy (non-hydrogen) atoms. The number of hydrogen-bond donors (Lipinski definition) is 0. The van der Waals surface area contributed by atoms with Gasteiger partial charge >= 0.3 is 0 Å². The summed E-state index contributed by atoms with van der Waals surface area (Å²) in [6.07, 6.45) is 15.9. The van der Waals surface area contributed by atoms with Crippen molar-refractivity contribution in [2.24, 2.45) is 0 Å². The minimum Gasteiger partial charge on any atom is -0.495 e. The summed E-state index contributed by atoms with van der Waals surface area (Å²) in [6.45, 7) is 0. The predicted octanol–water partition coefficient (Wildman–Crippen LogP) is 3.57. The van der Waals surface area contributed by atoms with E-state index in [0.29, 0.717) is 6.10 Å². The average Bonchev–Trinajstić information content (AvgIpc) is 2.21. The van der Waals surface area contributed by atoms with Gasteiger partial charge in [-0.15, -0.1) is 0 Å². The van der Waals surface area contributed by atoms with Crippen LogP contribution in [0.5, 0.6) is 0 Å². The van der Waals surface area contributed by atoms with Gasteiger partial charge in [0.1, 0.15) is 0 Å². The van der Waals surface area contributed by atoms with Crippen molar-refractivity contribution in [1.82, 2.24) is 0 Å². The van der Waals surface area contributed by atoms with E-state index in [-0.39, 0.29) is 0 Å². The first kappa shape index (κ1) is 8.86. The average molecular weight is 178 g/mol. The molecule has 1 heteroatoms. The van der Waals surface area contributed by atoms with Gasteiger partial charge in [0, 0.05) is 6.42 Å². The van der Waals surface area contributed by atoms with Gasteiger partial charge in [-0.1, -0.05) is 18.6 Å². The molecule has 0 saturated heterocycles. The molecule has 0 heterocycles. The van der Waals surface area contributed by atoms with Gasteiger partial charge in [0.2, 0.25) is 0 Å². The fourth-order valence-corrected chi connectivity index (χ4v) is 2.07. The van der Waals surface area contributed by atoms with Gasteiger partial charge in [0.05, 0.1) is 11.9 Å². The third kappa shape index (κ3) is 2.61. The van der Waals surface area contributed by atoms with E-state index in [1.54, 1.807) is 0 Å². The van der Waals surface area contributed by atoms with E-state index in [4.69, 9.17) is 4.74 Å². The Balaban J connectivity index is 1.79. The molecule has 0 N–H and O–H groups in total. The summed E-state index contributed by atoms with van der Waals surface area (Å²) in [5.74, 6) is 1.20. The van der Waals surface area contributed by atoms with Crippen LogP contribution in [0.2, 0.25) is 0 Å². The SMILES string of the molecule is C1=CCC(OC2CCCCC2)=CC1. The van der Waals surface area contributed by atoms with E-state index in [0.717, 1.165) is 12.8 Å². The fourth-order valence-electron chi connectivity index (χ4n) is 2.07. The molecule has 1 saturated carbocycles. The number of hydrogen-bond acceptors (Lipinski definition) is 1. The van der Waals surface area contributed by atoms with E-state index in [9.17, 15) is 0 Å². The lowest BCUT2D eigenvalue weighted by molar-refractivity contribution is 0.0789. The summed E-state index contributed by atoms with van der Waals surface area (Å²) in [5.41, 5.74) is 0. The molecule has 0 bridgehead atoms. The first-order valence-corrected chi connectivity index (χ1v) is 5.46. The Morgan fingerprint density at radius 2 is 1.92 bits per heavy atom. The molecule has 0 aliphatic heterocycles. The lowest BCUT2D eigenvalue weighted by atomic mass is 9.97. The molecule has 72 valence electrons. The van der Waals surface area contributed by atoms with Gasteiger partial charge in [-0.05, 0) is 38.2 Å². The van der Waals surface area contributed by atoms with E-state index in [1.165, 1.54) is 37.9 Å². The highest BCUT2D eigenvalue weighted by molar-refractivity contribution is 5.09. The van der Waals surface area contributed by atoms with Gasteiger partial charge < -0.3 is 4.74 Å². The highest BCUT2D eigenvalue weighted by Gasteiger charge is 2.15. The Labute approximate surface area is 80.5 Å². The second kappa shape index (κ2) is 4.50. The van der Waals surface area contributed by atoms with Crippen molar-refractivity contribution in [3.8, 4) is 0 Å². The topological polar surface area (TPSA) is 9.23 Å². The van der Waals surface area contributed by atoms with Crippen LogP contribution in [0.25, 0.3) is 0 Å². The number of ether oxygens (including phenoxy) is 1. The first-order chi connectivity index (χ1) is 6.45. The summed E-state index contributed by atoms with van der Waals surface area (Å²) in [4.78, 5) is 0. The smallest absolute Gasteiger partial charge is 0.0982 e. The van der Waals surface area contributed by atoms with Crippen LogP contribution in [0.15, 0.2) is 24.0 Å². The maximum Gasteiger partial charge on any atom is 0.0982 e. The molecule has 0 spiro atoms. The minimum atomic E-state index is 0.520. The Hall–Kier alpha value is -0.720. The van der Waals surface area contributed by atoms with Gasteiger partial charge in [0.15, 0.2) is 0 Å². The molecule has 1 nitrogen and oxygen atoms in total. The van der Waals surface area contributed by atoms with Crippen molar-refractivity contribution in [3.05, 3.63) is 24.0 Å². The largest absolute Gasteiger partial charge is 0.495 e. The standard InChI is InChI=1S/C12H18O/c1-3-7-11(8-4-1)13-12-9-5-2-6-10-12/h1,3,8,12H,2,4-7,9-10H2. The fraction of sp³-hybridized carbons (Fsp3) is 0.667. The Morgan fingerprint density at radius 3 is 2.62 bits per heavy atom. The van der Waals surface area contributed by atoms with Crippen molar-refractivity contribution in [2.75, 3.05) is 0 Å². The molecule has 2 aliphatic carbocycles. The highest BCUT2D eigenvalue weighted by atomic mass is 16.5. The van der Waals surface area contributed by atoms with Crippen LogP contribution < -0.4 is 0 Å². The summed E-state index contributed by atoms with van der Waals surface area (Å²) >= 11 is 0. The van der Waals surface area contributed by atoms with Crippen molar-refractivity contribution >= 4 is 0 Å². The molecule has 2 aliphatic rings.